The fraction of sp³-hybridized carbons (Fsp3) is 0.632. The second kappa shape index (κ2) is 11.8. The number of rotatable bonds is 13. The fourth-order valence-electron chi connectivity index (χ4n) is 2.55. The van der Waals surface area contributed by atoms with E-state index in [0.29, 0.717) is 12.4 Å². The summed E-state index contributed by atoms with van der Waals surface area (Å²) in [5, 5.41) is 20.3. The van der Waals surface area contributed by atoms with Crippen LogP contribution in [-0.4, -0.2) is 17.7 Å². The van der Waals surface area contributed by atoms with Gasteiger partial charge in [0, 0.05) is 0 Å². The first kappa shape index (κ1) is 19.3. The molecule has 23 heavy (non-hydrogen) atoms. The summed E-state index contributed by atoms with van der Waals surface area (Å²) < 4.78 is 5.50. The molecule has 0 bridgehead atoms. The van der Waals surface area contributed by atoms with E-state index in [1.54, 1.807) is 6.07 Å². The number of aromatic carboxylic acids is 1. The average molecular weight is 321 g/mol. The van der Waals surface area contributed by atoms with Gasteiger partial charge in [-0.25, -0.2) is 4.79 Å². The predicted molar refractivity (Wildman–Crippen MR) is 90.2 cm³/mol. The molecule has 0 amide bonds. The van der Waals surface area contributed by atoms with Gasteiger partial charge in [-0.15, -0.1) is 0 Å². The summed E-state index contributed by atoms with van der Waals surface area (Å²) in [5.74, 6) is -1.25. The van der Waals surface area contributed by atoms with Crippen molar-refractivity contribution in [1.82, 2.24) is 0 Å². The van der Waals surface area contributed by atoms with E-state index < -0.39 is 11.7 Å². The SMILES string of the molecule is CCCCCCCCCCCCOc1ccc(C(=O)O)c([O-])c1. The van der Waals surface area contributed by atoms with Crippen LogP contribution in [0.3, 0.4) is 0 Å². The van der Waals surface area contributed by atoms with Gasteiger partial charge in [0.15, 0.2) is 0 Å². The molecule has 0 radical (unpaired) electrons. The third-order valence-electron chi connectivity index (χ3n) is 3.95. The molecule has 0 aliphatic carbocycles. The monoisotopic (exact) mass is 321 g/mol. The number of carbonyl (C=O) groups is 1. The first-order chi connectivity index (χ1) is 11.1. The zero-order valence-electron chi connectivity index (χ0n) is 14.2. The average Bonchev–Trinajstić information content (AvgIpc) is 2.52. The van der Waals surface area contributed by atoms with E-state index in [1.165, 1.54) is 63.5 Å². The van der Waals surface area contributed by atoms with Crippen LogP contribution in [0.2, 0.25) is 0 Å². The summed E-state index contributed by atoms with van der Waals surface area (Å²) in [7, 11) is 0. The molecular weight excluding hydrogens is 292 g/mol. The summed E-state index contributed by atoms with van der Waals surface area (Å²) in [6, 6.07) is 4.10. The first-order valence-corrected chi connectivity index (χ1v) is 8.82. The highest BCUT2D eigenvalue weighted by Gasteiger charge is 2.04. The zero-order valence-corrected chi connectivity index (χ0v) is 14.2. The minimum absolute atomic E-state index is 0.212. The van der Waals surface area contributed by atoms with Gasteiger partial charge in [-0.05, 0) is 24.6 Å². The van der Waals surface area contributed by atoms with E-state index in [1.807, 2.05) is 0 Å². The molecule has 130 valence electrons. The van der Waals surface area contributed by atoms with E-state index in [-0.39, 0.29) is 5.56 Å². The quantitative estimate of drug-likeness (QED) is 0.532. The lowest BCUT2D eigenvalue weighted by Gasteiger charge is -2.13. The summed E-state index contributed by atoms with van der Waals surface area (Å²) in [4.78, 5) is 10.8. The van der Waals surface area contributed by atoms with E-state index >= 15 is 0 Å². The van der Waals surface area contributed by atoms with Gasteiger partial charge in [-0.2, -0.15) is 0 Å². The maximum atomic E-state index is 11.5. The predicted octanol–water partition coefficient (Wildman–Crippen LogP) is 4.76. The molecule has 4 heteroatoms. The number of carboxylic acids is 1. The van der Waals surface area contributed by atoms with Gasteiger partial charge >= 0.3 is 5.97 Å². The van der Waals surface area contributed by atoms with Crippen LogP contribution >= 0.6 is 0 Å². The third-order valence-corrected chi connectivity index (χ3v) is 3.95. The van der Waals surface area contributed by atoms with Crippen molar-refractivity contribution in [3.63, 3.8) is 0 Å². The van der Waals surface area contributed by atoms with Crippen LogP contribution in [0.25, 0.3) is 0 Å². The van der Waals surface area contributed by atoms with Gasteiger partial charge in [-0.3, -0.25) is 0 Å². The fourth-order valence-corrected chi connectivity index (χ4v) is 2.55. The van der Waals surface area contributed by atoms with Crippen molar-refractivity contribution < 1.29 is 19.7 Å². The Hall–Kier alpha value is -1.71. The summed E-state index contributed by atoms with van der Waals surface area (Å²) in [6.07, 6.45) is 12.7. The van der Waals surface area contributed by atoms with Gasteiger partial charge in [-0.1, -0.05) is 70.5 Å². The molecule has 1 rings (SSSR count). The number of carboxylic acid groups (broad SMARTS) is 1. The highest BCUT2D eigenvalue weighted by Crippen LogP contribution is 2.21. The molecule has 0 aliphatic heterocycles. The van der Waals surface area contributed by atoms with Gasteiger partial charge < -0.3 is 14.9 Å². The molecule has 0 spiro atoms. The summed E-state index contributed by atoms with van der Waals surface area (Å²) in [5.41, 5.74) is -0.212. The molecule has 0 atom stereocenters. The van der Waals surface area contributed by atoms with E-state index in [4.69, 9.17) is 9.84 Å². The maximum absolute atomic E-state index is 11.5. The highest BCUT2D eigenvalue weighted by molar-refractivity contribution is 5.90. The lowest BCUT2D eigenvalue weighted by atomic mass is 10.1. The smallest absolute Gasteiger partial charge is 0.335 e. The van der Waals surface area contributed by atoms with Gasteiger partial charge in [0.2, 0.25) is 0 Å². The minimum atomic E-state index is -1.20. The van der Waals surface area contributed by atoms with Crippen LogP contribution in [0.1, 0.15) is 81.5 Å². The number of hydrogen-bond donors (Lipinski definition) is 1. The van der Waals surface area contributed by atoms with Crippen LogP contribution in [-0.2, 0) is 0 Å². The van der Waals surface area contributed by atoms with Crippen LogP contribution in [0.5, 0.6) is 11.5 Å². The van der Waals surface area contributed by atoms with Crippen LogP contribution < -0.4 is 9.84 Å². The van der Waals surface area contributed by atoms with Crippen LogP contribution in [0.4, 0.5) is 0 Å². The Morgan fingerprint density at radius 1 is 1.00 bits per heavy atom. The number of benzene rings is 1. The second-order valence-electron chi connectivity index (χ2n) is 5.99. The Bertz CT molecular complexity index is 457. The van der Waals surface area contributed by atoms with Gasteiger partial charge in [0.1, 0.15) is 5.75 Å². The number of hydrogen-bond acceptors (Lipinski definition) is 3. The Labute approximate surface area is 139 Å². The standard InChI is InChI=1S/C19H30O4/c1-2-3-4-5-6-7-8-9-10-11-14-23-16-12-13-17(19(21)22)18(20)15-16/h12-13,15,20H,2-11,14H2,1H3,(H,21,22)/p-1. The van der Waals surface area contributed by atoms with Gasteiger partial charge in [0.25, 0.3) is 0 Å². The van der Waals surface area contributed by atoms with E-state index in [2.05, 4.69) is 6.92 Å². The number of unbranched alkanes of at least 4 members (excludes halogenated alkanes) is 9. The molecule has 0 saturated carbocycles. The molecular formula is C19H29O4-. The van der Waals surface area contributed by atoms with Crippen molar-refractivity contribution in [2.24, 2.45) is 0 Å². The molecule has 1 N–H and O–H groups in total. The largest absolute Gasteiger partial charge is 0.872 e. The Balaban J connectivity index is 2.03. The van der Waals surface area contributed by atoms with Crippen molar-refractivity contribution in [3.8, 4) is 11.5 Å². The molecule has 4 nitrogen and oxygen atoms in total. The Morgan fingerprint density at radius 2 is 1.57 bits per heavy atom. The maximum Gasteiger partial charge on any atom is 0.335 e. The molecule has 0 heterocycles. The van der Waals surface area contributed by atoms with Crippen molar-refractivity contribution in [2.45, 2.75) is 71.1 Å². The summed E-state index contributed by atoms with van der Waals surface area (Å²) >= 11 is 0. The van der Waals surface area contributed by atoms with Crippen molar-refractivity contribution >= 4 is 5.97 Å². The summed E-state index contributed by atoms with van der Waals surface area (Å²) in [6.45, 7) is 2.81. The third kappa shape index (κ3) is 8.48. The van der Waals surface area contributed by atoms with Crippen molar-refractivity contribution in [3.05, 3.63) is 23.8 Å². The van der Waals surface area contributed by atoms with Crippen LogP contribution in [0.15, 0.2) is 18.2 Å². The Morgan fingerprint density at radius 3 is 2.09 bits per heavy atom. The van der Waals surface area contributed by atoms with Crippen molar-refractivity contribution in [1.29, 1.82) is 0 Å². The van der Waals surface area contributed by atoms with Crippen molar-refractivity contribution in [2.75, 3.05) is 6.61 Å². The molecule has 0 aliphatic rings. The molecule has 0 aromatic heterocycles. The van der Waals surface area contributed by atoms with Gasteiger partial charge in [0.05, 0.1) is 12.2 Å². The minimum Gasteiger partial charge on any atom is -0.872 e. The topological polar surface area (TPSA) is 69.6 Å². The van der Waals surface area contributed by atoms with Crippen LogP contribution in [0, 0.1) is 0 Å². The molecule has 0 saturated heterocycles. The lowest BCUT2D eigenvalue weighted by Crippen LogP contribution is -2.05. The van der Waals surface area contributed by atoms with E-state index in [0.717, 1.165) is 12.8 Å². The molecule has 0 fully saturated rings. The molecule has 1 aromatic carbocycles. The molecule has 1 aromatic rings. The Kier molecular flexibility index (Phi) is 9.92. The normalized spacial score (nSPS) is 10.7. The molecule has 0 unspecified atom stereocenters. The lowest BCUT2D eigenvalue weighted by molar-refractivity contribution is -0.268. The second-order valence-corrected chi connectivity index (χ2v) is 5.99. The highest BCUT2D eigenvalue weighted by atomic mass is 16.5. The zero-order chi connectivity index (χ0) is 16.9. The number of ether oxygens (including phenoxy) is 1. The van der Waals surface area contributed by atoms with E-state index in [9.17, 15) is 9.90 Å². The first-order valence-electron chi connectivity index (χ1n) is 8.82.